The predicted octanol–water partition coefficient (Wildman–Crippen LogP) is 2.34. The van der Waals surface area contributed by atoms with Crippen LogP contribution in [0.1, 0.15) is 45.1 Å². The van der Waals surface area contributed by atoms with Gasteiger partial charge in [0.1, 0.15) is 12.2 Å². The van der Waals surface area contributed by atoms with E-state index in [-0.39, 0.29) is 29.5 Å². The van der Waals surface area contributed by atoms with Crippen molar-refractivity contribution in [3.8, 4) is 0 Å². The maximum absolute atomic E-state index is 12.0. The normalized spacial score (nSPS) is 37.9. The highest BCUT2D eigenvalue weighted by Gasteiger charge is 2.67. The van der Waals surface area contributed by atoms with Crippen LogP contribution in [0.15, 0.2) is 24.3 Å². The number of benzene rings is 1. The Morgan fingerprint density at radius 1 is 1.19 bits per heavy atom. The Balaban J connectivity index is 1.45. The van der Waals surface area contributed by atoms with E-state index in [1.165, 1.54) is 5.56 Å². The lowest BCUT2D eigenvalue weighted by atomic mass is 9.86. The molecule has 6 heteroatoms. The van der Waals surface area contributed by atoms with E-state index in [4.69, 9.17) is 18.9 Å². The molecule has 0 bridgehead atoms. The highest BCUT2D eigenvalue weighted by Crippen LogP contribution is 2.52. The van der Waals surface area contributed by atoms with Gasteiger partial charge in [-0.2, -0.15) is 0 Å². The molecule has 3 aliphatic rings. The molecule has 4 rings (SSSR count). The minimum Gasteiger partial charge on any atom is -0.466 e. The van der Waals surface area contributed by atoms with Crippen LogP contribution in [-0.4, -0.2) is 48.7 Å². The van der Waals surface area contributed by atoms with Crippen LogP contribution in [0.2, 0.25) is 0 Å². The van der Waals surface area contributed by atoms with E-state index >= 15 is 0 Å². The lowest BCUT2D eigenvalue weighted by Crippen LogP contribution is -2.53. The van der Waals surface area contributed by atoms with Crippen LogP contribution in [0.4, 0.5) is 0 Å². The minimum absolute atomic E-state index is 0.0778. The number of hydrogen-bond donors (Lipinski definition) is 1. The monoisotopic (exact) mass is 376 g/mol. The standard InChI is InChI=1S/C21H28O6/c1-5-24-19(23)15-14-16(22)17-13(26-18(14)15)10-25-20(27-17)11-6-8-12(9-7-11)21(2,3)4/h6-9,13-18,20,22H,5,10H2,1-4H3/t13-,14-,15?,16-,17-,18+,20-/m1/s1. The first-order valence-corrected chi connectivity index (χ1v) is 9.69. The lowest BCUT2D eigenvalue weighted by molar-refractivity contribution is -0.300. The van der Waals surface area contributed by atoms with Crippen LogP contribution in [-0.2, 0) is 29.2 Å². The summed E-state index contributed by atoms with van der Waals surface area (Å²) in [6.45, 7) is 8.93. The van der Waals surface area contributed by atoms with Crippen molar-refractivity contribution in [1.82, 2.24) is 0 Å². The topological polar surface area (TPSA) is 74.2 Å². The SMILES string of the molecule is CCOC(=O)C1[C@@H]2[C@@H](O)[C@@H]3O[C@H](c4ccc(C(C)(C)C)cc4)OC[C@H]3O[C@H]12. The first-order chi connectivity index (χ1) is 12.8. The summed E-state index contributed by atoms with van der Waals surface area (Å²) in [5, 5.41) is 10.7. The smallest absolute Gasteiger partial charge is 0.312 e. The van der Waals surface area contributed by atoms with E-state index in [9.17, 15) is 9.90 Å². The van der Waals surface area contributed by atoms with Crippen molar-refractivity contribution >= 4 is 5.97 Å². The van der Waals surface area contributed by atoms with Gasteiger partial charge >= 0.3 is 5.97 Å². The molecule has 3 fully saturated rings. The third kappa shape index (κ3) is 3.40. The van der Waals surface area contributed by atoms with Crippen LogP contribution in [0.5, 0.6) is 0 Å². The van der Waals surface area contributed by atoms with Gasteiger partial charge in [-0.25, -0.2) is 0 Å². The van der Waals surface area contributed by atoms with Crippen molar-refractivity contribution in [1.29, 1.82) is 0 Å². The maximum Gasteiger partial charge on any atom is 0.312 e. The molecule has 1 N–H and O–H groups in total. The van der Waals surface area contributed by atoms with Gasteiger partial charge in [-0.3, -0.25) is 4.79 Å². The molecule has 1 aliphatic carbocycles. The average molecular weight is 376 g/mol. The Hall–Kier alpha value is -1.47. The lowest BCUT2D eigenvalue weighted by Gasteiger charge is -2.41. The molecule has 0 radical (unpaired) electrons. The number of ether oxygens (including phenoxy) is 4. The molecule has 2 aliphatic heterocycles. The molecule has 27 heavy (non-hydrogen) atoms. The average Bonchev–Trinajstić information content (AvgIpc) is 3.36. The number of rotatable bonds is 3. The molecule has 0 aromatic heterocycles. The number of esters is 1. The second kappa shape index (κ2) is 6.85. The summed E-state index contributed by atoms with van der Waals surface area (Å²) in [4.78, 5) is 12.0. The summed E-state index contributed by atoms with van der Waals surface area (Å²) >= 11 is 0. The number of fused-ring (bicyclic) bond motifs is 2. The van der Waals surface area contributed by atoms with Crippen molar-refractivity contribution in [3.63, 3.8) is 0 Å². The molecule has 1 aromatic carbocycles. The van der Waals surface area contributed by atoms with Gasteiger partial charge in [0.25, 0.3) is 0 Å². The number of hydrogen-bond acceptors (Lipinski definition) is 6. The Morgan fingerprint density at radius 3 is 2.52 bits per heavy atom. The minimum atomic E-state index is -0.761. The Bertz CT molecular complexity index is 694. The van der Waals surface area contributed by atoms with Crippen LogP contribution in [0, 0.1) is 11.8 Å². The summed E-state index contributed by atoms with van der Waals surface area (Å²) in [6, 6.07) is 8.16. The molecular weight excluding hydrogens is 348 g/mol. The number of aliphatic hydroxyl groups is 1. The molecule has 6 nitrogen and oxygen atoms in total. The van der Waals surface area contributed by atoms with Gasteiger partial charge in [-0.15, -0.1) is 0 Å². The van der Waals surface area contributed by atoms with Crippen molar-refractivity contribution in [2.24, 2.45) is 11.8 Å². The summed E-state index contributed by atoms with van der Waals surface area (Å²) < 4.78 is 22.9. The summed E-state index contributed by atoms with van der Waals surface area (Å²) in [5.41, 5.74) is 2.22. The van der Waals surface area contributed by atoms with E-state index in [0.717, 1.165) is 5.56 Å². The van der Waals surface area contributed by atoms with E-state index in [1.54, 1.807) is 6.92 Å². The molecule has 1 aromatic rings. The summed E-state index contributed by atoms with van der Waals surface area (Å²) in [6.07, 6.45) is -2.48. The van der Waals surface area contributed by atoms with Gasteiger partial charge in [0.15, 0.2) is 6.29 Å². The van der Waals surface area contributed by atoms with Crippen molar-refractivity contribution in [3.05, 3.63) is 35.4 Å². The van der Waals surface area contributed by atoms with Gasteiger partial charge in [-0.1, -0.05) is 45.0 Å². The zero-order chi connectivity index (χ0) is 19.3. The van der Waals surface area contributed by atoms with Gasteiger partial charge < -0.3 is 24.1 Å². The fourth-order valence-corrected chi connectivity index (χ4v) is 4.12. The van der Waals surface area contributed by atoms with E-state index < -0.39 is 24.4 Å². The van der Waals surface area contributed by atoms with Crippen LogP contribution < -0.4 is 0 Å². The van der Waals surface area contributed by atoms with E-state index in [0.29, 0.717) is 13.2 Å². The molecule has 148 valence electrons. The third-order valence-corrected chi connectivity index (χ3v) is 5.74. The third-order valence-electron chi connectivity index (χ3n) is 5.74. The van der Waals surface area contributed by atoms with E-state index in [2.05, 4.69) is 32.9 Å². The highest BCUT2D eigenvalue weighted by molar-refractivity contribution is 5.77. The Morgan fingerprint density at radius 2 is 1.89 bits per heavy atom. The van der Waals surface area contributed by atoms with Gasteiger partial charge in [0.2, 0.25) is 0 Å². The van der Waals surface area contributed by atoms with Gasteiger partial charge in [-0.05, 0) is 17.9 Å². The molecule has 0 amide bonds. The Kier molecular flexibility index (Phi) is 4.79. The second-order valence-corrected chi connectivity index (χ2v) is 8.62. The summed E-state index contributed by atoms with van der Waals surface area (Å²) in [7, 11) is 0. The van der Waals surface area contributed by atoms with Crippen LogP contribution >= 0.6 is 0 Å². The van der Waals surface area contributed by atoms with E-state index in [1.807, 2.05) is 12.1 Å². The molecule has 7 atom stereocenters. The molecular formula is C21H28O6. The molecule has 1 unspecified atom stereocenters. The van der Waals surface area contributed by atoms with Crippen LogP contribution in [0.3, 0.4) is 0 Å². The number of aliphatic hydroxyl groups excluding tert-OH is 1. The first-order valence-electron chi connectivity index (χ1n) is 9.69. The number of carbonyl (C=O) groups excluding carboxylic acids is 1. The van der Waals surface area contributed by atoms with Crippen molar-refractivity contribution in [2.45, 2.75) is 63.8 Å². The van der Waals surface area contributed by atoms with Crippen molar-refractivity contribution in [2.75, 3.05) is 13.2 Å². The van der Waals surface area contributed by atoms with Gasteiger partial charge in [0, 0.05) is 11.5 Å². The quantitative estimate of drug-likeness (QED) is 0.817. The first kappa shape index (κ1) is 18.9. The predicted molar refractivity (Wildman–Crippen MR) is 97.0 cm³/mol. The van der Waals surface area contributed by atoms with Crippen LogP contribution in [0.25, 0.3) is 0 Å². The number of carbonyl (C=O) groups is 1. The second-order valence-electron chi connectivity index (χ2n) is 8.62. The Labute approximate surface area is 159 Å². The molecule has 0 spiro atoms. The largest absolute Gasteiger partial charge is 0.466 e. The highest BCUT2D eigenvalue weighted by atomic mass is 16.7. The fraction of sp³-hybridized carbons (Fsp3) is 0.667. The molecule has 2 saturated heterocycles. The summed E-state index contributed by atoms with van der Waals surface area (Å²) in [5.74, 6) is -0.966. The zero-order valence-corrected chi connectivity index (χ0v) is 16.3. The molecule has 1 saturated carbocycles. The van der Waals surface area contributed by atoms with Gasteiger partial charge in [0.05, 0.1) is 31.3 Å². The molecule has 2 heterocycles. The maximum atomic E-state index is 12.0. The fourth-order valence-electron chi connectivity index (χ4n) is 4.12. The zero-order valence-electron chi connectivity index (χ0n) is 16.3. The van der Waals surface area contributed by atoms with Crippen molar-refractivity contribution < 1.29 is 28.8 Å².